The van der Waals surface area contributed by atoms with Gasteiger partial charge in [-0.2, -0.15) is 10.1 Å². The SMILES string of the molecule is COc1ccccc1CCNc1nncc(NCc2ccccc2C)n1. The maximum Gasteiger partial charge on any atom is 0.244 e. The van der Waals surface area contributed by atoms with Crippen molar-refractivity contribution in [1.82, 2.24) is 15.2 Å². The Labute approximate surface area is 153 Å². The van der Waals surface area contributed by atoms with Crippen LogP contribution in [0.15, 0.2) is 54.7 Å². The van der Waals surface area contributed by atoms with Crippen LogP contribution in [-0.2, 0) is 13.0 Å². The summed E-state index contributed by atoms with van der Waals surface area (Å²) in [6.07, 6.45) is 2.44. The normalized spacial score (nSPS) is 10.4. The molecule has 0 aliphatic carbocycles. The quantitative estimate of drug-likeness (QED) is 0.649. The van der Waals surface area contributed by atoms with Crippen LogP contribution in [0.3, 0.4) is 0 Å². The second-order valence-electron chi connectivity index (χ2n) is 5.93. The fourth-order valence-electron chi connectivity index (χ4n) is 2.68. The second-order valence-corrected chi connectivity index (χ2v) is 5.93. The second kappa shape index (κ2) is 8.80. The predicted octanol–water partition coefficient (Wildman–Crippen LogP) is 3.46. The molecule has 6 heteroatoms. The molecule has 2 N–H and O–H groups in total. The molecule has 0 spiro atoms. The summed E-state index contributed by atoms with van der Waals surface area (Å²) >= 11 is 0. The Morgan fingerprint density at radius 1 is 0.962 bits per heavy atom. The fourth-order valence-corrected chi connectivity index (χ4v) is 2.68. The number of aryl methyl sites for hydroxylation is 1. The van der Waals surface area contributed by atoms with Gasteiger partial charge in [0.25, 0.3) is 0 Å². The topological polar surface area (TPSA) is 72.0 Å². The largest absolute Gasteiger partial charge is 0.496 e. The number of para-hydroxylation sites is 1. The highest BCUT2D eigenvalue weighted by Crippen LogP contribution is 2.17. The molecule has 0 amide bonds. The van der Waals surface area contributed by atoms with Crippen molar-refractivity contribution in [2.45, 2.75) is 19.9 Å². The van der Waals surface area contributed by atoms with Crippen molar-refractivity contribution in [2.24, 2.45) is 0 Å². The van der Waals surface area contributed by atoms with Crippen molar-refractivity contribution in [3.63, 3.8) is 0 Å². The smallest absolute Gasteiger partial charge is 0.244 e. The molecule has 0 aliphatic heterocycles. The number of aromatic nitrogens is 3. The van der Waals surface area contributed by atoms with Gasteiger partial charge in [-0.25, -0.2) is 0 Å². The summed E-state index contributed by atoms with van der Waals surface area (Å²) in [5.74, 6) is 2.10. The average Bonchev–Trinajstić information content (AvgIpc) is 2.68. The van der Waals surface area contributed by atoms with Gasteiger partial charge in [0.2, 0.25) is 5.95 Å². The lowest BCUT2D eigenvalue weighted by Crippen LogP contribution is -2.11. The molecule has 6 nitrogen and oxygen atoms in total. The highest BCUT2D eigenvalue weighted by Gasteiger charge is 2.04. The standard InChI is InChI=1S/C20H23N5O/c1-15-7-3-4-9-17(15)13-22-19-14-23-25-20(24-19)21-12-11-16-8-5-6-10-18(16)26-2/h3-10,14H,11-13H2,1-2H3,(H2,21,22,24,25). The summed E-state index contributed by atoms with van der Waals surface area (Å²) in [6, 6.07) is 16.3. The summed E-state index contributed by atoms with van der Waals surface area (Å²) in [5.41, 5.74) is 3.62. The average molecular weight is 349 g/mol. The molecule has 0 radical (unpaired) electrons. The van der Waals surface area contributed by atoms with Gasteiger partial charge in [-0.15, -0.1) is 5.10 Å². The number of methoxy groups -OCH3 is 1. The van der Waals surface area contributed by atoms with E-state index >= 15 is 0 Å². The van der Waals surface area contributed by atoms with Gasteiger partial charge >= 0.3 is 0 Å². The van der Waals surface area contributed by atoms with Crippen LogP contribution in [0, 0.1) is 6.92 Å². The van der Waals surface area contributed by atoms with Gasteiger partial charge in [-0.3, -0.25) is 0 Å². The van der Waals surface area contributed by atoms with E-state index in [1.165, 1.54) is 11.1 Å². The lowest BCUT2D eigenvalue weighted by atomic mass is 10.1. The van der Waals surface area contributed by atoms with Gasteiger partial charge in [0.15, 0.2) is 5.82 Å². The van der Waals surface area contributed by atoms with Crippen molar-refractivity contribution in [3.05, 3.63) is 71.4 Å². The third-order valence-corrected chi connectivity index (χ3v) is 4.15. The molecule has 0 fully saturated rings. The van der Waals surface area contributed by atoms with Crippen LogP contribution >= 0.6 is 0 Å². The molecule has 0 atom stereocenters. The number of ether oxygens (including phenoxy) is 1. The van der Waals surface area contributed by atoms with Crippen molar-refractivity contribution in [1.29, 1.82) is 0 Å². The summed E-state index contributed by atoms with van der Waals surface area (Å²) in [6.45, 7) is 3.50. The van der Waals surface area contributed by atoms with Gasteiger partial charge in [0.1, 0.15) is 5.75 Å². The Hall–Kier alpha value is -3.15. The first-order chi connectivity index (χ1) is 12.8. The molecule has 0 unspecified atom stereocenters. The Morgan fingerprint density at radius 2 is 1.73 bits per heavy atom. The number of benzene rings is 2. The number of hydrogen-bond acceptors (Lipinski definition) is 6. The molecule has 0 saturated carbocycles. The molecule has 3 aromatic rings. The molecule has 26 heavy (non-hydrogen) atoms. The molecule has 0 saturated heterocycles. The van der Waals surface area contributed by atoms with Crippen LogP contribution in [0.5, 0.6) is 5.75 Å². The van der Waals surface area contributed by atoms with Gasteiger partial charge in [0, 0.05) is 13.1 Å². The first kappa shape index (κ1) is 17.7. The van der Waals surface area contributed by atoms with E-state index in [1.54, 1.807) is 13.3 Å². The minimum Gasteiger partial charge on any atom is -0.496 e. The zero-order chi connectivity index (χ0) is 18.2. The van der Waals surface area contributed by atoms with Crippen LogP contribution in [0.2, 0.25) is 0 Å². The van der Waals surface area contributed by atoms with E-state index in [4.69, 9.17) is 4.74 Å². The molecule has 1 heterocycles. The monoisotopic (exact) mass is 349 g/mol. The third kappa shape index (κ3) is 4.69. The van der Waals surface area contributed by atoms with E-state index in [0.717, 1.165) is 17.7 Å². The van der Waals surface area contributed by atoms with E-state index in [1.807, 2.05) is 30.3 Å². The highest BCUT2D eigenvalue weighted by atomic mass is 16.5. The zero-order valence-corrected chi connectivity index (χ0v) is 15.1. The molecular formula is C20H23N5O. The minimum atomic E-state index is 0.509. The van der Waals surface area contributed by atoms with Gasteiger partial charge in [-0.1, -0.05) is 42.5 Å². The summed E-state index contributed by atoms with van der Waals surface area (Å²) in [5, 5.41) is 14.6. The predicted molar refractivity (Wildman–Crippen MR) is 104 cm³/mol. The molecule has 0 bridgehead atoms. The molecule has 0 aliphatic rings. The Morgan fingerprint density at radius 3 is 2.54 bits per heavy atom. The van der Waals surface area contributed by atoms with Crippen molar-refractivity contribution in [3.8, 4) is 5.75 Å². The molecule has 134 valence electrons. The van der Waals surface area contributed by atoms with Crippen LogP contribution in [0.4, 0.5) is 11.8 Å². The van der Waals surface area contributed by atoms with E-state index in [9.17, 15) is 0 Å². The fraction of sp³-hybridized carbons (Fsp3) is 0.250. The third-order valence-electron chi connectivity index (χ3n) is 4.15. The Bertz CT molecular complexity index is 853. The number of hydrogen-bond donors (Lipinski definition) is 2. The lowest BCUT2D eigenvalue weighted by molar-refractivity contribution is 0.410. The number of nitrogens with one attached hydrogen (secondary N) is 2. The van der Waals surface area contributed by atoms with Crippen molar-refractivity contribution in [2.75, 3.05) is 24.3 Å². The van der Waals surface area contributed by atoms with E-state index in [-0.39, 0.29) is 0 Å². The lowest BCUT2D eigenvalue weighted by Gasteiger charge is -2.10. The van der Waals surface area contributed by atoms with Gasteiger partial charge in [-0.05, 0) is 36.1 Å². The highest BCUT2D eigenvalue weighted by molar-refractivity contribution is 5.39. The molecule has 2 aromatic carbocycles. The van der Waals surface area contributed by atoms with Gasteiger partial charge < -0.3 is 15.4 Å². The number of anilines is 2. The van der Waals surface area contributed by atoms with Crippen LogP contribution < -0.4 is 15.4 Å². The molecular weight excluding hydrogens is 326 g/mol. The van der Waals surface area contributed by atoms with Crippen LogP contribution in [0.1, 0.15) is 16.7 Å². The Kier molecular flexibility index (Phi) is 5.98. The molecule has 1 aromatic heterocycles. The van der Waals surface area contributed by atoms with E-state index < -0.39 is 0 Å². The first-order valence-electron chi connectivity index (χ1n) is 8.60. The van der Waals surface area contributed by atoms with E-state index in [0.29, 0.717) is 24.9 Å². The van der Waals surface area contributed by atoms with Crippen molar-refractivity contribution < 1.29 is 4.74 Å². The zero-order valence-electron chi connectivity index (χ0n) is 15.1. The molecule has 3 rings (SSSR count). The summed E-state index contributed by atoms with van der Waals surface area (Å²) in [4.78, 5) is 4.46. The van der Waals surface area contributed by atoms with Crippen LogP contribution in [0.25, 0.3) is 0 Å². The summed E-state index contributed by atoms with van der Waals surface area (Å²) in [7, 11) is 1.68. The van der Waals surface area contributed by atoms with E-state index in [2.05, 4.69) is 50.9 Å². The summed E-state index contributed by atoms with van der Waals surface area (Å²) < 4.78 is 5.37. The van der Waals surface area contributed by atoms with Gasteiger partial charge in [0.05, 0.1) is 13.3 Å². The minimum absolute atomic E-state index is 0.509. The maximum atomic E-state index is 5.37. The van der Waals surface area contributed by atoms with Crippen molar-refractivity contribution >= 4 is 11.8 Å². The van der Waals surface area contributed by atoms with Crippen LogP contribution in [-0.4, -0.2) is 28.8 Å². The maximum absolute atomic E-state index is 5.37. The number of nitrogens with zero attached hydrogens (tertiary/aromatic N) is 3. The Balaban J connectivity index is 1.55. The number of rotatable bonds is 8. The first-order valence-corrected chi connectivity index (χ1v) is 8.60.